The first-order valence-corrected chi connectivity index (χ1v) is 9.03. The summed E-state index contributed by atoms with van der Waals surface area (Å²) < 4.78 is 6.58. The van der Waals surface area contributed by atoms with Gasteiger partial charge in [0.1, 0.15) is 5.75 Å². The van der Waals surface area contributed by atoms with Crippen molar-refractivity contribution in [2.24, 2.45) is 29.6 Å². The Morgan fingerprint density at radius 2 is 1.95 bits per heavy atom. The van der Waals surface area contributed by atoms with E-state index in [0.29, 0.717) is 6.04 Å². The van der Waals surface area contributed by atoms with E-state index in [2.05, 4.69) is 34.4 Å². The van der Waals surface area contributed by atoms with Crippen LogP contribution < -0.4 is 10.1 Å². The third-order valence-electron chi connectivity index (χ3n) is 6.07. The molecule has 3 aliphatic rings. The van der Waals surface area contributed by atoms with Gasteiger partial charge in [0.2, 0.25) is 0 Å². The largest absolute Gasteiger partial charge is 0.495 e. The van der Waals surface area contributed by atoms with E-state index in [9.17, 15) is 0 Å². The minimum Gasteiger partial charge on any atom is -0.495 e. The fourth-order valence-electron chi connectivity index (χ4n) is 5.42. The molecule has 3 saturated carbocycles. The standard InChI is InChI=1S/C17H21BrClNO/c1-20-16(11-6-10(19)7-12(18)17(11)21-2)15-13-8-3-4-9(5-8)14(13)15/h6-9,13-16,20H,3-5H2,1-2H3. The molecule has 5 atom stereocenters. The molecular weight excluding hydrogens is 350 g/mol. The summed E-state index contributed by atoms with van der Waals surface area (Å²) in [5.41, 5.74) is 1.21. The van der Waals surface area contributed by atoms with Gasteiger partial charge < -0.3 is 10.1 Å². The Balaban J connectivity index is 1.69. The van der Waals surface area contributed by atoms with E-state index in [1.165, 1.54) is 24.8 Å². The van der Waals surface area contributed by atoms with Crippen LogP contribution in [0.2, 0.25) is 5.02 Å². The molecule has 0 spiro atoms. The summed E-state index contributed by atoms with van der Waals surface area (Å²) in [5, 5.41) is 4.32. The van der Waals surface area contributed by atoms with Gasteiger partial charge in [-0.15, -0.1) is 0 Å². The molecule has 1 N–H and O–H groups in total. The quantitative estimate of drug-likeness (QED) is 0.832. The maximum atomic E-state index is 6.28. The monoisotopic (exact) mass is 369 g/mol. The molecule has 0 radical (unpaired) electrons. The zero-order valence-electron chi connectivity index (χ0n) is 12.4. The SMILES string of the molecule is CNC(c1cc(Cl)cc(Br)c1OC)C1C2C3CCC(C3)C21. The first kappa shape index (κ1) is 14.3. The van der Waals surface area contributed by atoms with Gasteiger partial charge in [0, 0.05) is 16.6 Å². The van der Waals surface area contributed by atoms with Gasteiger partial charge >= 0.3 is 0 Å². The van der Waals surface area contributed by atoms with Crippen LogP contribution in [0.4, 0.5) is 0 Å². The number of rotatable bonds is 4. The van der Waals surface area contributed by atoms with E-state index in [0.717, 1.165) is 44.8 Å². The number of benzene rings is 1. The fraction of sp³-hybridized carbons (Fsp3) is 0.647. The van der Waals surface area contributed by atoms with Gasteiger partial charge in [-0.2, -0.15) is 0 Å². The van der Waals surface area contributed by atoms with E-state index < -0.39 is 0 Å². The summed E-state index contributed by atoms with van der Waals surface area (Å²) >= 11 is 9.87. The average molecular weight is 371 g/mol. The zero-order chi connectivity index (χ0) is 14.7. The lowest BCUT2D eigenvalue weighted by Gasteiger charge is -2.23. The second-order valence-corrected chi connectivity index (χ2v) is 8.13. The number of ether oxygens (including phenoxy) is 1. The van der Waals surface area contributed by atoms with Crippen molar-refractivity contribution < 1.29 is 4.74 Å². The van der Waals surface area contributed by atoms with Crippen molar-refractivity contribution in [3.8, 4) is 5.75 Å². The second kappa shape index (κ2) is 5.14. The Kier molecular flexibility index (Phi) is 3.51. The van der Waals surface area contributed by atoms with E-state index in [1.807, 2.05) is 6.07 Å². The van der Waals surface area contributed by atoms with Crippen molar-refractivity contribution in [3.63, 3.8) is 0 Å². The van der Waals surface area contributed by atoms with Gasteiger partial charge in [0.25, 0.3) is 0 Å². The highest BCUT2D eigenvalue weighted by Crippen LogP contribution is 2.72. The Hall–Kier alpha value is -0.250. The van der Waals surface area contributed by atoms with Crippen LogP contribution in [0.25, 0.3) is 0 Å². The minimum absolute atomic E-state index is 0.355. The van der Waals surface area contributed by atoms with Gasteiger partial charge in [0.05, 0.1) is 11.6 Å². The zero-order valence-corrected chi connectivity index (χ0v) is 14.7. The van der Waals surface area contributed by atoms with Crippen molar-refractivity contribution in [2.45, 2.75) is 25.3 Å². The first-order valence-electron chi connectivity index (χ1n) is 7.86. The maximum absolute atomic E-state index is 6.28. The lowest BCUT2D eigenvalue weighted by molar-refractivity contribution is 0.361. The van der Waals surface area contributed by atoms with Gasteiger partial charge in [-0.25, -0.2) is 0 Å². The van der Waals surface area contributed by atoms with Crippen molar-refractivity contribution in [1.29, 1.82) is 0 Å². The predicted octanol–water partition coefficient (Wildman–Crippen LogP) is 4.66. The van der Waals surface area contributed by atoms with Gasteiger partial charge in [-0.1, -0.05) is 11.6 Å². The van der Waals surface area contributed by atoms with Gasteiger partial charge in [0.15, 0.2) is 0 Å². The average Bonchev–Trinajstić information content (AvgIpc) is 2.88. The number of nitrogens with one attached hydrogen (secondary N) is 1. The Morgan fingerprint density at radius 3 is 2.52 bits per heavy atom. The van der Waals surface area contributed by atoms with E-state index >= 15 is 0 Å². The molecule has 2 bridgehead atoms. The molecule has 0 aliphatic heterocycles. The first-order chi connectivity index (χ1) is 10.2. The number of hydrogen-bond donors (Lipinski definition) is 1. The van der Waals surface area contributed by atoms with E-state index in [4.69, 9.17) is 16.3 Å². The summed E-state index contributed by atoms with van der Waals surface area (Å²) in [5.74, 6) is 5.52. The highest BCUT2D eigenvalue weighted by atomic mass is 79.9. The van der Waals surface area contributed by atoms with Crippen LogP contribution in [0.5, 0.6) is 5.75 Å². The molecule has 114 valence electrons. The van der Waals surface area contributed by atoms with Crippen molar-refractivity contribution in [2.75, 3.05) is 14.2 Å². The van der Waals surface area contributed by atoms with Crippen LogP contribution in [-0.2, 0) is 0 Å². The van der Waals surface area contributed by atoms with Crippen LogP contribution in [0.1, 0.15) is 30.9 Å². The lowest BCUT2D eigenvalue weighted by atomic mass is 9.92. The van der Waals surface area contributed by atoms with Crippen molar-refractivity contribution in [1.82, 2.24) is 5.32 Å². The molecule has 1 aromatic carbocycles. The van der Waals surface area contributed by atoms with Gasteiger partial charge in [-0.05, 0) is 84.0 Å². The third-order valence-corrected chi connectivity index (χ3v) is 6.87. The summed E-state index contributed by atoms with van der Waals surface area (Å²) in [7, 11) is 3.80. The van der Waals surface area contributed by atoms with Crippen molar-refractivity contribution in [3.05, 3.63) is 27.2 Å². The number of methoxy groups -OCH3 is 1. The number of hydrogen-bond acceptors (Lipinski definition) is 2. The Morgan fingerprint density at radius 1 is 1.29 bits per heavy atom. The second-order valence-electron chi connectivity index (χ2n) is 6.84. The highest BCUT2D eigenvalue weighted by molar-refractivity contribution is 9.10. The molecule has 4 heteroatoms. The molecule has 4 rings (SSSR count). The predicted molar refractivity (Wildman–Crippen MR) is 88.8 cm³/mol. The molecule has 0 amide bonds. The van der Waals surface area contributed by atoms with E-state index in [1.54, 1.807) is 7.11 Å². The topological polar surface area (TPSA) is 21.3 Å². The highest BCUT2D eigenvalue weighted by Gasteiger charge is 2.66. The maximum Gasteiger partial charge on any atom is 0.137 e. The summed E-state index contributed by atoms with van der Waals surface area (Å²) in [6.45, 7) is 0. The van der Waals surface area contributed by atoms with Crippen molar-refractivity contribution >= 4 is 27.5 Å². The molecule has 2 nitrogen and oxygen atoms in total. The molecule has 0 aromatic heterocycles. The lowest BCUT2D eigenvalue weighted by Crippen LogP contribution is -2.22. The smallest absolute Gasteiger partial charge is 0.137 e. The molecular formula is C17H21BrClNO. The summed E-state index contributed by atoms with van der Waals surface area (Å²) in [4.78, 5) is 0. The fourth-order valence-corrected chi connectivity index (χ4v) is 6.42. The molecule has 1 aromatic rings. The van der Waals surface area contributed by atoms with E-state index in [-0.39, 0.29) is 0 Å². The molecule has 3 aliphatic carbocycles. The minimum atomic E-state index is 0.355. The van der Waals surface area contributed by atoms with Crippen LogP contribution in [0, 0.1) is 29.6 Å². The molecule has 0 heterocycles. The normalized spacial score (nSPS) is 37.4. The molecule has 0 saturated heterocycles. The Labute approximate surface area is 139 Å². The van der Waals surface area contributed by atoms with Gasteiger partial charge in [-0.3, -0.25) is 0 Å². The van der Waals surface area contributed by atoms with Crippen LogP contribution in [0.3, 0.4) is 0 Å². The van der Waals surface area contributed by atoms with Crippen LogP contribution in [0.15, 0.2) is 16.6 Å². The number of halogens is 2. The molecule has 3 fully saturated rings. The molecule has 5 unspecified atom stereocenters. The third kappa shape index (κ3) is 2.08. The van der Waals surface area contributed by atoms with Crippen LogP contribution in [-0.4, -0.2) is 14.2 Å². The molecule has 21 heavy (non-hydrogen) atoms. The Bertz CT molecular complexity index is 562. The summed E-state index contributed by atoms with van der Waals surface area (Å²) in [6.07, 6.45) is 4.39. The number of fused-ring (bicyclic) bond motifs is 5. The summed E-state index contributed by atoms with van der Waals surface area (Å²) in [6, 6.07) is 4.34. The van der Waals surface area contributed by atoms with Crippen LogP contribution >= 0.6 is 27.5 Å².